The number of benzene rings is 3. The number of hydrogen-bond donors (Lipinski definition) is 4. The number of nitrogens with one attached hydrogen (secondary N) is 2. The van der Waals surface area contributed by atoms with Gasteiger partial charge in [0.25, 0.3) is 0 Å². The van der Waals surface area contributed by atoms with Gasteiger partial charge in [0.1, 0.15) is 11.5 Å². The van der Waals surface area contributed by atoms with Gasteiger partial charge in [-0.3, -0.25) is 4.90 Å². The fraction of sp³-hybridized carbons (Fsp3) is 0.425. The van der Waals surface area contributed by atoms with Crippen LogP contribution in [-0.4, -0.2) is 91.4 Å². The lowest BCUT2D eigenvalue weighted by molar-refractivity contribution is 0.0342. The molecular formula is C40H52FN7O3. The Balaban J connectivity index is 0.974. The number of piperidine rings is 1. The van der Waals surface area contributed by atoms with E-state index in [0.29, 0.717) is 28.9 Å². The standard InChI is InChI=1S/C40H52FN7O3/c1-28(2)27-51-40(49)39-38(35-23-32(41)9-12-37(35)45-39)36(42)26-48(43)24-29-13-16-46(17-14-29)18-15-44-33-10-7-30(8-11-33)34-6-4-3-5-31(34)25-47-19-21-50-22-20-47/h3-12,23,26,28-29,44-45H,13-22,24-25,27,42-43H2,1-2H3/b36-26-. The second kappa shape index (κ2) is 17.2. The predicted octanol–water partition coefficient (Wildman–Crippen LogP) is 5.88. The number of fused-ring (bicyclic) bond motifs is 1. The highest BCUT2D eigenvalue weighted by molar-refractivity contribution is 6.04. The van der Waals surface area contributed by atoms with E-state index in [2.05, 4.69) is 68.6 Å². The lowest BCUT2D eigenvalue weighted by atomic mass is 9.96. The summed E-state index contributed by atoms with van der Waals surface area (Å²) in [6.07, 6.45) is 3.67. The van der Waals surface area contributed by atoms with Crippen LogP contribution in [0, 0.1) is 17.7 Å². The Morgan fingerprint density at radius 2 is 1.80 bits per heavy atom. The van der Waals surface area contributed by atoms with Crippen molar-refractivity contribution in [2.24, 2.45) is 23.4 Å². The molecule has 2 fully saturated rings. The van der Waals surface area contributed by atoms with Gasteiger partial charge in [0.15, 0.2) is 0 Å². The number of carbonyl (C=O) groups excluding carboxylic acids is 1. The van der Waals surface area contributed by atoms with E-state index in [0.717, 1.165) is 77.6 Å². The van der Waals surface area contributed by atoms with Gasteiger partial charge >= 0.3 is 5.97 Å². The third kappa shape index (κ3) is 9.68. The van der Waals surface area contributed by atoms with Crippen molar-refractivity contribution in [2.75, 3.05) is 71.0 Å². The van der Waals surface area contributed by atoms with Crippen molar-refractivity contribution in [3.8, 4) is 11.1 Å². The first-order chi connectivity index (χ1) is 24.7. The third-order valence-electron chi connectivity index (χ3n) is 9.75. The summed E-state index contributed by atoms with van der Waals surface area (Å²) in [7, 11) is 0. The molecule has 4 aromatic rings. The molecule has 2 aliphatic rings. The minimum absolute atomic E-state index is 0.173. The van der Waals surface area contributed by atoms with E-state index in [1.54, 1.807) is 17.3 Å². The average Bonchev–Trinajstić information content (AvgIpc) is 3.51. The molecule has 6 rings (SSSR count). The smallest absolute Gasteiger partial charge is 0.355 e. The fourth-order valence-electron chi connectivity index (χ4n) is 6.98. The molecule has 0 amide bonds. The van der Waals surface area contributed by atoms with Gasteiger partial charge in [0, 0.05) is 67.6 Å². The number of carbonyl (C=O) groups is 1. The topological polar surface area (TPSA) is 125 Å². The Morgan fingerprint density at radius 1 is 1.06 bits per heavy atom. The van der Waals surface area contributed by atoms with E-state index in [4.69, 9.17) is 21.1 Å². The van der Waals surface area contributed by atoms with Crippen LogP contribution in [0.3, 0.4) is 0 Å². The maximum absolute atomic E-state index is 14.2. The molecule has 1 aromatic heterocycles. The van der Waals surface area contributed by atoms with Gasteiger partial charge in [-0.15, -0.1) is 0 Å². The van der Waals surface area contributed by atoms with E-state index >= 15 is 0 Å². The molecule has 11 heteroatoms. The van der Waals surface area contributed by atoms with E-state index in [-0.39, 0.29) is 23.9 Å². The molecule has 10 nitrogen and oxygen atoms in total. The van der Waals surface area contributed by atoms with Crippen LogP contribution in [0.25, 0.3) is 27.7 Å². The minimum atomic E-state index is -0.532. The fourth-order valence-corrected chi connectivity index (χ4v) is 6.98. The normalized spacial score (nSPS) is 16.5. The molecule has 51 heavy (non-hydrogen) atoms. The molecule has 0 bridgehead atoms. The molecule has 0 unspecified atom stereocenters. The van der Waals surface area contributed by atoms with Gasteiger partial charge < -0.3 is 35.4 Å². The van der Waals surface area contributed by atoms with E-state index < -0.39 is 11.8 Å². The highest BCUT2D eigenvalue weighted by Gasteiger charge is 2.24. The number of rotatable bonds is 14. The molecule has 3 heterocycles. The molecule has 0 radical (unpaired) electrons. The lowest BCUT2D eigenvalue weighted by Gasteiger charge is -2.33. The van der Waals surface area contributed by atoms with Crippen LogP contribution in [0.4, 0.5) is 10.1 Å². The molecular weight excluding hydrogens is 645 g/mol. The van der Waals surface area contributed by atoms with Gasteiger partial charge in [0.2, 0.25) is 0 Å². The zero-order valence-corrected chi connectivity index (χ0v) is 29.9. The van der Waals surface area contributed by atoms with Crippen molar-refractivity contribution in [3.63, 3.8) is 0 Å². The van der Waals surface area contributed by atoms with Gasteiger partial charge in [-0.05, 0) is 84.8 Å². The Kier molecular flexibility index (Phi) is 12.3. The molecule has 3 aromatic carbocycles. The second-order valence-corrected chi connectivity index (χ2v) is 14.2. The highest BCUT2D eigenvalue weighted by Crippen LogP contribution is 2.30. The quantitative estimate of drug-likeness (QED) is 0.0727. The van der Waals surface area contributed by atoms with Crippen LogP contribution in [0.2, 0.25) is 0 Å². The Morgan fingerprint density at radius 3 is 2.55 bits per heavy atom. The molecule has 0 atom stereocenters. The molecule has 272 valence electrons. The first-order valence-electron chi connectivity index (χ1n) is 18.2. The minimum Gasteiger partial charge on any atom is -0.461 e. The molecule has 2 aliphatic heterocycles. The number of hydrogen-bond acceptors (Lipinski definition) is 9. The van der Waals surface area contributed by atoms with Crippen molar-refractivity contribution in [1.82, 2.24) is 19.8 Å². The number of aromatic amines is 1. The van der Waals surface area contributed by atoms with Crippen LogP contribution < -0.4 is 16.9 Å². The summed E-state index contributed by atoms with van der Waals surface area (Å²) in [5, 5.41) is 5.70. The van der Waals surface area contributed by atoms with Crippen LogP contribution in [0.15, 0.2) is 72.9 Å². The van der Waals surface area contributed by atoms with Crippen molar-refractivity contribution in [2.45, 2.75) is 33.2 Å². The zero-order chi connectivity index (χ0) is 35.7. The number of hydrazine groups is 1. The van der Waals surface area contributed by atoms with E-state index in [1.807, 2.05) is 13.8 Å². The highest BCUT2D eigenvalue weighted by atomic mass is 19.1. The van der Waals surface area contributed by atoms with Gasteiger partial charge in [0.05, 0.1) is 25.5 Å². The number of nitrogens with zero attached hydrogens (tertiary/aromatic N) is 3. The first kappa shape index (κ1) is 36.4. The summed E-state index contributed by atoms with van der Waals surface area (Å²) in [5.74, 6) is 6.06. The Hall–Kier alpha value is -4.42. The second-order valence-electron chi connectivity index (χ2n) is 14.2. The van der Waals surface area contributed by atoms with Crippen molar-refractivity contribution in [1.29, 1.82) is 0 Å². The number of morpholine rings is 1. The summed E-state index contributed by atoms with van der Waals surface area (Å²) < 4.78 is 25.2. The molecule has 0 spiro atoms. The lowest BCUT2D eigenvalue weighted by Crippen LogP contribution is -2.41. The largest absolute Gasteiger partial charge is 0.461 e. The van der Waals surface area contributed by atoms with Crippen molar-refractivity contribution in [3.05, 3.63) is 95.6 Å². The molecule has 0 saturated carbocycles. The first-order valence-corrected chi connectivity index (χ1v) is 18.2. The third-order valence-corrected chi connectivity index (χ3v) is 9.75. The summed E-state index contributed by atoms with van der Waals surface area (Å²) in [6, 6.07) is 21.8. The van der Waals surface area contributed by atoms with E-state index in [1.165, 1.54) is 28.8 Å². The Labute approximate surface area is 300 Å². The number of anilines is 1. The number of halogens is 1. The van der Waals surface area contributed by atoms with Gasteiger partial charge in [-0.25, -0.2) is 15.0 Å². The summed E-state index contributed by atoms with van der Waals surface area (Å²) in [5.41, 5.74) is 13.0. The SMILES string of the molecule is CC(C)COC(=O)c1[nH]c2ccc(F)cc2c1/C(N)=C/N(N)CC1CCN(CCNc2ccc(-c3ccccc3CN3CCOCC3)cc2)CC1. The number of likely N-dealkylation sites (tertiary alicyclic amines) is 1. The summed E-state index contributed by atoms with van der Waals surface area (Å²) >= 11 is 0. The number of ether oxygens (including phenoxy) is 2. The number of esters is 1. The van der Waals surface area contributed by atoms with Crippen molar-refractivity contribution < 1.29 is 18.7 Å². The predicted molar refractivity (Wildman–Crippen MR) is 202 cm³/mol. The maximum Gasteiger partial charge on any atom is 0.355 e. The van der Waals surface area contributed by atoms with Crippen LogP contribution in [0.5, 0.6) is 0 Å². The summed E-state index contributed by atoms with van der Waals surface area (Å²) in [6.45, 7) is 13.1. The number of aromatic nitrogens is 1. The average molecular weight is 698 g/mol. The van der Waals surface area contributed by atoms with Crippen LogP contribution in [0.1, 0.15) is 48.3 Å². The van der Waals surface area contributed by atoms with E-state index in [9.17, 15) is 9.18 Å². The number of H-pyrrole nitrogens is 1. The Bertz CT molecular complexity index is 1780. The van der Waals surface area contributed by atoms with Crippen molar-refractivity contribution >= 4 is 28.3 Å². The zero-order valence-electron chi connectivity index (χ0n) is 29.9. The molecule has 2 saturated heterocycles. The van der Waals surface area contributed by atoms with Gasteiger partial charge in [-0.2, -0.15) is 0 Å². The van der Waals surface area contributed by atoms with Crippen LogP contribution >= 0.6 is 0 Å². The molecule has 0 aliphatic carbocycles. The van der Waals surface area contributed by atoms with Gasteiger partial charge in [-0.1, -0.05) is 50.2 Å². The summed E-state index contributed by atoms with van der Waals surface area (Å²) in [4.78, 5) is 21.0. The molecule has 6 N–H and O–H groups in total. The monoisotopic (exact) mass is 697 g/mol. The maximum atomic E-state index is 14.2. The number of nitrogens with two attached hydrogens (primary N) is 2. The van der Waals surface area contributed by atoms with Crippen LogP contribution in [-0.2, 0) is 16.0 Å².